The van der Waals surface area contributed by atoms with Crippen molar-refractivity contribution < 1.29 is 0 Å². The van der Waals surface area contributed by atoms with Crippen LogP contribution in [0.4, 0.5) is 0 Å². The van der Waals surface area contributed by atoms with Crippen molar-refractivity contribution in [1.82, 2.24) is 0 Å². The van der Waals surface area contributed by atoms with Crippen LogP contribution in [-0.4, -0.2) is 18.4 Å². The van der Waals surface area contributed by atoms with Gasteiger partial charge in [0.1, 0.15) is 0 Å². The van der Waals surface area contributed by atoms with Gasteiger partial charge in [0.05, 0.1) is 0 Å². The predicted octanol–water partition coefficient (Wildman–Crippen LogP) is 5.92. The Kier molecular flexibility index (Phi) is 5.85. The van der Waals surface area contributed by atoms with Gasteiger partial charge in [0, 0.05) is 0 Å². The van der Waals surface area contributed by atoms with E-state index in [2.05, 4.69) is 60.7 Å². The zero-order valence-corrected chi connectivity index (χ0v) is 18.4. The van der Waals surface area contributed by atoms with Crippen LogP contribution in [0.2, 0.25) is 7.87 Å². The first-order valence-electron chi connectivity index (χ1n) is 10.5. The van der Waals surface area contributed by atoms with Crippen LogP contribution in [0.5, 0.6) is 0 Å². The molecule has 2 aliphatic rings. The van der Waals surface area contributed by atoms with Crippen molar-refractivity contribution >= 4 is 25.5 Å². The van der Waals surface area contributed by atoms with E-state index in [0.717, 1.165) is 7.87 Å². The normalized spacial score (nSPS) is 20.5. The third-order valence-electron chi connectivity index (χ3n) is 7.00. The Balaban J connectivity index is 1.89. The molecular weight excluding hydrogens is 407 g/mol. The molecule has 0 spiro atoms. The molecule has 0 aromatic heterocycles. The quantitative estimate of drug-likeness (QED) is 0.519. The van der Waals surface area contributed by atoms with E-state index in [1.807, 2.05) is 0 Å². The molecule has 2 aromatic rings. The van der Waals surface area contributed by atoms with Gasteiger partial charge in [0.25, 0.3) is 0 Å². The van der Waals surface area contributed by atoms with Crippen molar-refractivity contribution in [2.45, 2.75) is 72.1 Å². The summed E-state index contributed by atoms with van der Waals surface area (Å²) >= 11 is -2.76. The molecule has 2 aliphatic carbocycles. The summed E-state index contributed by atoms with van der Waals surface area (Å²) in [5.41, 5.74) is 0. The Morgan fingerprint density at radius 1 is 0.480 bits per heavy atom. The van der Waals surface area contributed by atoms with Crippen LogP contribution in [0.15, 0.2) is 60.7 Å². The molecule has 4 rings (SSSR count). The van der Waals surface area contributed by atoms with Gasteiger partial charge in [-0.2, -0.15) is 0 Å². The molecule has 25 heavy (non-hydrogen) atoms. The second kappa shape index (κ2) is 8.29. The van der Waals surface area contributed by atoms with Crippen molar-refractivity contribution in [3.05, 3.63) is 60.7 Å². The Morgan fingerprint density at radius 3 is 1.20 bits per heavy atom. The van der Waals surface area contributed by atoms with Crippen molar-refractivity contribution in [1.29, 1.82) is 0 Å². The van der Waals surface area contributed by atoms with E-state index < -0.39 is 18.4 Å². The van der Waals surface area contributed by atoms with Gasteiger partial charge in [-0.25, -0.2) is 0 Å². The van der Waals surface area contributed by atoms with E-state index in [9.17, 15) is 0 Å². The molecule has 0 bridgehead atoms. The van der Waals surface area contributed by atoms with Crippen LogP contribution in [0, 0.1) is 0 Å². The Morgan fingerprint density at radius 2 is 0.840 bits per heavy atom. The Hall–Kier alpha value is -0.761. The van der Waals surface area contributed by atoms with E-state index in [1.165, 1.54) is 64.2 Å². The number of hydrogen-bond donors (Lipinski definition) is 0. The molecule has 1 heteroatoms. The van der Waals surface area contributed by atoms with E-state index in [1.54, 1.807) is 7.16 Å². The van der Waals surface area contributed by atoms with Gasteiger partial charge in [-0.3, -0.25) is 0 Å². The van der Waals surface area contributed by atoms with E-state index in [4.69, 9.17) is 0 Å². The molecule has 0 amide bonds. The predicted molar refractivity (Wildman–Crippen MR) is 112 cm³/mol. The van der Waals surface area contributed by atoms with Crippen LogP contribution < -0.4 is 7.16 Å². The van der Waals surface area contributed by atoms with Crippen molar-refractivity contribution in [2.24, 2.45) is 0 Å². The molecule has 0 unspecified atom stereocenters. The summed E-state index contributed by atoms with van der Waals surface area (Å²) in [6.45, 7) is 0. The second-order valence-electron chi connectivity index (χ2n) is 8.27. The SMILES string of the molecule is c1cc[c]([Sn]([c]2ccccc2)([CH]2CCCCC2)[CH]2CCCCC2)cc1. The monoisotopic (exact) mass is 440 g/mol. The topological polar surface area (TPSA) is 0 Å². The summed E-state index contributed by atoms with van der Waals surface area (Å²) in [6, 6.07) is 23.8. The van der Waals surface area contributed by atoms with Crippen molar-refractivity contribution in [3.8, 4) is 0 Å². The maximum absolute atomic E-state index is 2.76. The first-order chi connectivity index (χ1) is 12.4. The zero-order valence-electron chi connectivity index (χ0n) is 15.5. The van der Waals surface area contributed by atoms with Crippen LogP contribution >= 0.6 is 0 Å². The number of benzene rings is 2. The summed E-state index contributed by atoms with van der Waals surface area (Å²) in [5.74, 6) is 0. The van der Waals surface area contributed by atoms with E-state index in [0.29, 0.717) is 0 Å². The molecule has 2 fully saturated rings. The molecule has 0 atom stereocenters. The van der Waals surface area contributed by atoms with Gasteiger partial charge in [0.2, 0.25) is 0 Å². The van der Waals surface area contributed by atoms with Gasteiger partial charge >= 0.3 is 158 Å². The van der Waals surface area contributed by atoms with Crippen LogP contribution in [0.1, 0.15) is 64.2 Å². The standard InChI is InChI=1S/2C6H11.2C6H5.Sn/c4*1-2-4-6-5-3-1;/h2*1H,2-6H2;2*1-5H;. The van der Waals surface area contributed by atoms with Gasteiger partial charge in [-0.15, -0.1) is 0 Å². The molecule has 132 valence electrons. The molecule has 0 saturated heterocycles. The van der Waals surface area contributed by atoms with Gasteiger partial charge < -0.3 is 0 Å². The molecular formula is C24H32Sn. The zero-order chi connectivity index (χ0) is 17.0. The number of rotatable bonds is 4. The van der Waals surface area contributed by atoms with Crippen molar-refractivity contribution in [3.63, 3.8) is 0 Å². The van der Waals surface area contributed by atoms with Crippen LogP contribution in [0.3, 0.4) is 0 Å². The third-order valence-corrected chi connectivity index (χ3v) is 25.0. The summed E-state index contributed by atoms with van der Waals surface area (Å²) in [6.07, 6.45) is 14.8. The second-order valence-corrected chi connectivity index (χ2v) is 21.2. The van der Waals surface area contributed by atoms with E-state index >= 15 is 0 Å². The first kappa shape index (κ1) is 17.6. The minimum atomic E-state index is -2.76. The third kappa shape index (κ3) is 3.44. The molecule has 0 heterocycles. The molecule has 0 N–H and O–H groups in total. The molecule has 0 aliphatic heterocycles. The fraction of sp³-hybridized carbons (Fsp3) is 0.500. The Labute approximate surface area is 157 Å². The van der Waals surface area contributed by atoms with Crippen molar-refractivity contribution in [2.75, 3.05) is 0 Å². The molecule has 2 aromatic carbocycles. The van der Waals surface area contributed by atoms with Gasteiger partial charge in [-0.1, -0.05) is 0 Å². The van der Waals surface area contributed by atoms with Crippen LogP contribution in [0.25, 0.3) is 0 Å². The molecule has 2 saturated carbocycles. The van der Waals surface area contributed by atoms with Gasteiger partial charge in [0.15, 0.2) is 0 Å². The minimum absolute atomic E-state index is 1.01. The molecule has 0 nitrogen and oxygen atoms in total. The summed E-state index contributed by atoms with van der Waals surface area (Å²) in [7, 11) is 0. The maximum atomic E-state index is 2.52. The summed E-state index contributed by atoms with van der Waals surface area (Å²) in [4.78, 5) is 0. The summed E-state index contributed by atoms with van der Waals surface area (Å²) < 4.78 is 5.61. The average Bonchev–Trinajstić information content (AvgIpc) is 2.72. The Bertz CT molecular complexity index is 577. The summed E-state index contributed by atoms with van der Waals surface area (Å²) in [5, 5.41) is 0. The number of hydrogen-bond acceptors (Lipinski definition) is 0. The fourth-order valence-corrected chi connectivity index (χ4v) is 26.0. The first-order valence-corrected chi connectivity index (χ1v) is 16.7. The van der Waals surface area contributed by atoms with Crippen LogP contribution in [-0.2, 0) is 0 Å². The fourth-order valence-electron chi connectivity index (χ4n) is 5.99. The van der Waals surface area contributed by atoms with Gasteiger partial charge in [-0.05, 0) is 0 Å². The van der Waals surface area contributed by atoms with E-state index in [-0.39, 0.29) is 0 Å². The average molecular weight is 439 g/mol. The molecule has 0 radical (unpaired) electrons.